The Morgan fingerprint density at radius 2 is 1.88 bits per heavy atom. The van der Waals surface area contributed by atoms with E-state index in [4.69, 9.17) is 5.10 Å². The molecule has 1 saturated carbocycles. The fourth-order valence-electron chi connectivity index (χ4n) is 4.48. The number of benzene rings is 2. The molecule has 0 radical (unpaired) electrons. The van der Waals surface area contributed by atoms with Crippen LogP contribution in [-0.2, 0) is 11.8 Å². The molecule has 34 heavy (non-hydrogen) atoms. The third kappa shape index (κ3) is 4.50. The molecule has 0 spiro atoms. The molecule has 4 aromatic rings. The van der Waals surface area contributed by atoms with Crippen LogP contribution in [0.2, 0.25) is 0 Å². The molecule has 1 aliphatic rings. The van der Waals surface area contributed by atoms with E-state index >= 15 is 0 Å². The maximum atomic E-state index is 12.9. The van der Waals surface area contributed by atoms with E-state index in [1.54, 1.807) is 7.05 Å². The van der Waals surface area contributed by atoms with Crippen LogP contribution in [0.3, 0.4) is 0 Å². The zero-order valence-electron chi connectivity index (χ0n) is 19.3. The molecular formula is C26H27N5O2S. The highest BCUT2D eigenvalue weighted by Gasteiger charge is 2.22. The molecule has 0 atom stereocenters. The number of nitrogens with one attached hydrogen (secondary N) is 1. The van der Waals surface area contributed by atoms with Crippen LogP contribution in [-0.4, -0.2) is 31.0 Å². The van der Waals surface area contributed by atoms with Crippen LogP contribution < -0.4 is 10.9 Å². The number of thioether (sulfide) groups is 1. The molecule has 0 bridgehead atoms. The van der Waals surface area contributed by atoms with Crippen LogP contribution >= 0.6 is 11.8 Å². The zero-order chi connectivity index (χ0) is 23.7. The van der Waals surface area contributed by atoms with E-state index in [9.17, 15) is 9.59 Å². The van der Waals surface area contributed by atoms with Crippen molar-refractivity contribution in [3.8, 4) is 5.69 Å². The Kier molecular flexibility index (Phi) is 6.24. The maximum absolute atomic E-state index is 12.9. The second-order valence-electron chi connectivity index (χ2n) is 8.80. The number of carbonyl (C=O) groups excluding carboxylic acids is 1. The van der Waals surface area contributed by atoms with Gasteiger partial charge in [0, 0.05) is 19.0 Å². The molecule has 1 fully saturated rings. The molecule has 2 aromatic heterocycles. The number of aryl methyl sites for hydroxylation is 1. The molecule has 5 rings (SSSR count). The van der Waals surface area contributed by atoms with E-state index < -0.39 is 0 Å². The fourth-order valence-corrected chi connectivity index (χ4v) is 5.25. The standard InChI is InChI=1S/C26H27N5O2S/c1-17-12-13-21-20(14-17)25(33)30(2)26(27-21)34-16-24(32)28-23-15-22(18-8-6-7-9-18)29-31(23)19-10-4-3-5-11-19/h3-5,10-15,18H,6-9,16H2,1-2H3,(H,28,32). The number of amides is 1. The summed E-state index contributed by atoms with van der Waals surface area (Å²) < 4.78 is 3.31. The van der Waals surface area contributed by atoms with Gasteiger partial charge in [0.2, 0.25) is 5.91 Å². The molecule has 0 saturated heterocycles. The Bertz CT molecular complexity index is 1400. The van der Waals surface area contributed by atoms with Gasteiger partial charge in [0.15, 0.2) is 5.16 Å². The summed E-state index contributed by atoms with van der Waals surface area (Å²) in [5.41, 5.74) is 3.47. The van der Waals surface area contributed by atoms with Crippen LogP contribution in [0.1, 0.15) is 42.9 Å². The normalized spacial score (nSPS) is 14.1. The number of rotatable bonds is 6. The average Bonchev–Trinajstić information content (AvgIpc) is 3.52. The molecule has 0 unspecified atom stereocenters. The smallest absolute Gasteiger partial charge is 0.261 e. The molecule has 2 aromatic carbocycles. The minimum atomic E-state index is -0.168. The number of fused-ring (bicyclic) bond motifs is 1. The molecular weight excluding hydrogens is 446 g/mol. The van der Waals surface area contributed by atoms with Crippen molar-refractivity contribution in [1.82, 2.24) is 19.3 Å². The third-order valence-electron chi connectivity index (χ3n) is 6.29. The van der Waals surface area contributed by atoms with E-state index in [1.165, 1.54) is 29.2 Å². The molecule has 174 valence electrons. The lowest BCUT2D eigenvalue weighted by molar-refractivity contribution is -0.113. The Morgan fingerprint density at radius 1 is 1.12 bits per heavy atom. The van der Waals surface area contributed by atoms with Crippen molar-refractivity contribution >= 4 is 34.4 Å². The number of para-hydroxylation sites is 1. The summed E-state index contributed by atoms with van der Waals surface area (Å²) in [5.74, 6) is 1.07. The predicted molar refractivity (Wildman–Crippen MR) is 136 cm³/mol. The lowest BCUT2D eigenvalue weighted by Gasteiger charge is -2.10. The number of aromatic nitrogens is 4. The van der Waals surface area contributed by atoms with Crippen LogP contribution in [0.25, 0.3) is 16.6 Å². The summed E-state index contributed by atoms with van der Waals surface area (Å²) in [6.07, 6.45) is 4.71. The minimum absolute atomic E-state index is 0.111. The van der Waals surface area contributed by atoms with Crippen molar-refractivity contribution in [3.63, 3.8) is 0 Å². The van der Waals surface area contributed by atoms with Gasteiger partial charge < -0.3 is 5.32 Å². The van der Waals surface area contributed by atoms with Gasteiger partial charge in [0.1, 0.15) is 5.82 Å². The lowest BCUT2D eigenvalue weighted by Crippen LogP contribution is -2.22. The fraction of sp³-hybridized carbons (Fsp3) is 0.308. The summed E-state index contributed by atoms with van der Waals surface area (Å²) in [5, 5.41) is 8.96. The van der Waals surface area contributed by atoms with Gasteiger partial charge in [0.05, 0.1) is 28.0 Å². The number of carbonyl (C=O) groups is 1. The Balaban J connectivity index is 1.36. The van der Waals surface area contributed by atoms with Crippen LogP contribution in [0.15, 0.2) is 64.5 Å². The third-order valence-corrected chi connectivity index (χ3v) is 7.32. The summed E-state index contributed by atoms with van der Waals surface area (Å²) >= 11 is 1.25. The number of hydrogen-bond donors (Lipinski definition) is 1. The van der Waals surface area contributed by atoms with Gasteiger partial charge in [-0.15, -0.1) is 0 Å². The first-order valence-corrected chi connectivity index (χ1v) is 12.5. The summed E-state index contributed by atoms with van der Waals surface area (Å²) in [6, 6.07) is 17.5. The molecule has 1 amide bonds. The van der Waals surface area contributed by atoms with E-state index in [-0.39, 0.29) is 17.2 Å². The first-order valence-electron chi connectivity index (χ1n) is 11.5. The van der Waals surface area contributed by atoms with Gasteiger partial charge in [-0.2, -0.15) is 5.10 Å². The highest BCUT2D eigenvalue weighted by atomic mass is 32.2. The van der Waals surface area contributed by atoms with E-state index in [0.717, 1.165) is 29.8 Å². The molecule has 1 aliphatic carbocycles. The average molecular weight is 474 g/mol. The number of nitrogens with zero attached hydrogens (tertiary/aromatic N) is 4. The molecule has 2 heterocycles. The second-order valence-corrected chi connectivity index (χ2v) is 9.74. The number of anilines is 1. The number of hydrogen-bond acceptors (Lipinski definition) is 5. The van der Waals surface area contributed by atoms with Crippen LogP contribution in [0.4, 0.5) is 5.82 Å². The molecule has 7 nitrogen and oxygen atoms in total. The summed E-state index contributed by atoms with van der Waals surface area (Å²) in [6.45, 7) is 1.95. The van der Waals surface area contributed by atoms with Gasteiger partial charge in [0.25, 0.3) is 5.56 Å². The summed E-state index contributed by atoms with van der Waals surface area (Å²) in [4.78, 5) is 30.3. The SMILES string of the molecule is Cc1ccc2nc(SCC(=O)Nc3cc(C4CCCC4)nn3-c3ccccc3)n(C)c(=O)c2c1. The van der Waals surface area contributed by atoms with Gasteiger partial charge >= 0.3 is 0 Å². The maximum Gasteiger partial charge on any atom is 0.261 e. The van der Waals surface area contributed by atoms with Gasteiger partial charge in [-0.25, -0.2) is 9.67 Å². The van der Waals surface area contributed by atoms with Crippen molar-refractivity contribution in [3.05, 3.63) is 76.2 Å². The van der Waals surface area contributed by atoms with Crippen molar-refractivity contribution in [1.29, 1.82) is 0 Å². The molecule has 0 aliphatic heterocycles. The predicted octanol–water partition coefficient (Wildman–Crippen LogP) is 4.82. The second kappa shape index (κ2) is 9.46. The van der Waals surface area contributed by atoms with Gasteiger partial charge in [-0.05, 0) is 44.0 Å². The van der Waals surface area contributed by atoms with Crippen LogP contribution in [0, 0.1) is 6.92 Å². The Labute approximate surface area is 202 Å². The van der Waals surface area contributed by atoms with Gasteiger partial charge in [-0.3, -0.25) is 14.2 Å². The Hall–Kier alpha value is -3.39. The first kappa shape index (κ1) is 22.4. The molecule has 8 heteroatoms. The lowest BCUT2D eigenvalue weighted by atomic mass is 10.0. The first-order chi connectivity index (χ1) is 16.5. The Morgan fingerprint density at radius 3 is 2.65 bits per heavy atom. The minimum Gasteiger partial charge on any atom is -0.310 e. The van der Waals surface area contributed by atoms with Crippen LogP contribution in [0.5, 0.6) is 0 Å². The quantitative estimate of drug-likeness (QED) is 0.321. The largest absolute Gasteiger partial charge is 0.310 e. The topological polar surface area (TPSA) is 81.8 Å². The van der Waals surface area contributed by atoms with Gasteiger partial charge in [-0.1, -0.05) is 54.4 Å². The summed E-state index contributed by atoms with van der Waals surface area (Å²) in [7, 11) is 1.69. The van der Waals surface area contributed by atoms with E-state index in [2.05, 4.69) is 10.3 Å². The zero-order valence-corrected chi connectivity index (χ0v) is 20.1. The van der Waals surface area contributed by atoms with E-state index in [1.807, 2.05) is 66.2 Å². The van der Waals surface area contributed by atoms with E-state index in [0.29, 0.717) is 27.8 Å². The molecule has 1 N–H and O–H groups in total. The van der Waals surface area contributed by atoms with Crippen molar-refractivity contribution in [2.24, 2.45) is 7.05 Å². The monoisotopic (exact) mass is 473 g/mol. The highest BCUT2D eigenvalue weighted by molar-refractivity contribution is 7.99. The van der Waals surface area contributed by atoms with Crippen molar-refractivity contribution < 1.29 is 4.79 Å². The highest BCUT2D eigenvalue weighted by Crippen LogP contribution is 2.35. The van der Waals surface area contributed by atoms with Crippen molar-refractivity contribution in [2.75, 3.05) is 11.1 Å². The van der Waals surface area contributed by atoms with Crippen molar-refractivity contribution in [2.45, 2.75) is 43.7 Å².